The molecule has 0 saturated carbocycles. The number of hydrogen-bond acceptors (Lipinski definition) is 3. The van der Waals surface area contributed by atoms with Gasteiger partial charge in [0.05, 0.1) is 16.6 Å². The summed E-state index contributed by atoms with van der Waals surface area (Å²) in [6.45, 7) is 1.09. The summed E-state index contributed by atoms with van der Waals surface area (Å²) in [5.74, 6) is -1.01. The largest absolute Gasteiger partial charge is 0.478 e. The van der Waals surface area contributed by atoms with Crippen molar-refractivity contribution in [1.29, 1.82) is 0 Å². The van der Waals surface area contributed by atoms with Crippen molar-refractivity contribution < 1.29 is 19.4 Å². The number of halogens is 2. The van der Waals surface area contributed by atoms with Crippen LogP contribution in [0.25, 0.3) is 0 Å². The summed E-state index contributed by atoms with van der Waals surface area (Å²) in [6.07, 6.45) is 0. The minimum Gasteiger partial charge on any atom is -0.478 e. The fourth-order valence-corrected chi connectivity index (χ4v) is 2.19. The molecule has 0 fully saturated rings. The predicted molar refractivity (Wildman–Crippen MR) is 96.6 cm³/mol. The van der Waals surface area contributed by atoms with Gasteiger partial charge in [0.1, 0.15) is 5.75 Å². The molecule has 2 aromatic rings. The van der Waals surface area contributed by atoms with Crippen molar-refractivity contribution in [2.24, 2.45) is 0 Å². The lowest BCUT2D eigenvalue weighted by atomic mass is 10.1. The van der Waals surface area contributed by atoms with Crippen LogP contribution in [0, 0.1) is 0 Å². The highest BCUT2D eigenvalue weighted by molar-refractivity contribution is 6.42. The Morgan fingerprint density at radius 1 is 1.12 bits per heavy atom. The van der Waals surface area contributed by atoms with Gasteiger partial charge in [-0.1, -0.05) is 41.4 Å². The van der Waals surface area contributed by atoms with Crippen LogP contribution in [0.3, 0.4) is 0 Å². The van der Waals surface area contributed by atoms with Crippen molar-refractivity contribution in [3.8, 4) is 5.75 Å². The van der Waals surface area contributed by atoms with Gasteiger partial charge in [0.15, 0.2) is 0 Å². The molecule has 1 unspecified atom stereocenters. The zero-order chi connectivity index (χ0) is 18.4. The highest BCUT2D eigenvalue weighted by atomic mass is 35.5. The second-order valence-electron chi connectivity index (χ2n) is 5.39. The average Bonchev–Trinajstić information content (AvgIpc) is 2.57. The first kappa shape index (κ1) is 18.9. The van der Waals surface area contributed by atoms with Gasteiger partial charge in [-0.2, -0.15) is 0 Å². The molecule has 132 valence electrons. The van der Waals surface area contributed by atoms with E-state index in [1.54, 1.807) is 24.3 Å². The molecule has 0 saturated heterocycles. The number of anilines is 1. The average molecular weight is 383 g/mol. The van der Waals surface area contributed by atoms with Crippen LogP contribution in [0.2, 0.25) is 10.0 Å². The third-order valence-electron chi connectivity index (χ3n) is 3.30. The molecule has 2 aromatic carbocycles. The summed E-state index contributed by atoms with van der Waals surface area (Å²) in [6, 6.07) is 12.6. The summed E-state index contributed by atoms with van der Waals surface area (Å²) in [4.78, 5) is 23.5. The number of para-hydroxylation sites is 1. The van der Waals surface area contributed by atoms with Gasteiger partial charge in [-0.15, -0.1) is 0 Å². The van der Waals surface area contributed by atoms with Gasteiger partial charge in [0.25, 0.3) is 0 Å². The highest BCUT2D eigenvalue weighted by Gasteiger charge is 2.36. The Balaban J connectivity index is 2.02. The molecule has 0 aliphatic rings. The zero-order valence-corrected chi connectivity index (χ0v) is 14.8. The topological polar surface area (TPSA) is 87.7 Å². The van der Waals surface area contributed by atoms with Gasteiger partial charge < -0.3 is 20.5 Å². The summed E-state index contributed by atoms with van der Waals surface area (Å²) >= 11 is 11.7. The number of carbonyl (C=O) groups excluding carboxylic acids is 1. The number of ether oxygens (including phenoxy) is 1. The molecule has 0 bridgehead atoms. The van der Waals surface area contributed by atoms with Crippen LogP contribution in [0.15, 0.2) is 48.5 Å². The molecule has 2 amide bonds. The van der Waals surface area contributed by atoms with Crippen LogP contribution in [0.4, 0.5) is 10.5 Å². The first-order valence-electron chi connectivity index (χ1n) is 7.27. The highest BCUT2D eigenvalue weighted by Crippen LogP contribution is 2.28. The van der Waals surface area contributed by atoms with Crippen molar-refractivity contribution in [2.75, 3.05) is 11.9 Å². The second-order valence-corrected chi connectivity index (χ2v) is 6.20. The number of carbonyl (C=O) groups is 2. The zero-order valence-electron chi connectivity index (χ0n) is 13.3. The number of hydrogen-bond donors (Lipinski definition) is 3. The minimum absolute atomic E-state index is 0.226. The lowest BCUT2D eigenvalue weighted by molar-refractivity contribution is -0.153. The minimum atomic E-state index is -1.69. The fourth-order valence-electron chi connectivity index (χ4n) is 1.90. The Bertz CT molecular complexity index is 770. The van der Waals surface area contributed by atoms with Gasteiger partial charge >= 0.3 is 12.0 Å². The molecule has 2 rings (SSSR count). The molecule has 0 aliphatic heterocycles. The van der Waals surface area contributed by atoms with Gasteiger partial charge in [-0.05, 0) is 31.2 Å². The van der Waals surface area contributed by atoms with Crippen LogP contribution >= 0.6 is 23.2 Å². The number of aliphatic carboxylic acids is 1. The molecule has 8 heteroatoms. The Kier molecular flexibility index (Phi) is 6.12. The Morgan fingerprint density at radius 2 is 1.80 bits per heavy atom. The van der Waals surface area contributed by atoms with E-state index < -0.39 is 17.6 Å². The van der Waals surface area contributed by atoms with E-state index in [1.165, 1.54) is 25.1 Å². The monoisotopic (exact) mass is 382 g/mol. The van der Waals surface area contributed by atoms with E-state index in [0.29, 0.717) is 10.7 Å². The number of carboxylic acids is 1. The van der Waals surface area contributed by atoms with E-state index >= 15 is 0 Å². The third kappa shape index (κ3) is 5.27. The molecule has 0 aliphatic carbocycles. The van der Waals surface area contributed by atoms with Crippen LogP contribution in [-0.2, 0) is 4.79 Å². The Hall–Kier alpha value is -2.44. The van der Waals surface area contributed by atoms with Crippen LogP contribution in [0.1, 0.15) is 6.92 Å². The number of benzene rings is 2. The normalized spacial score (nSPS) is 12.8. The third-order valence-corrected chi connectivity index (χ3v) is 4.04. The standard InChI is InChI=1S/C17H16Cl2N2O4/c1-17(15(22)23,25-12-7-8-13(18)14(19)9-12)10-20-16(24)21-11-5-3-2-4-6-11/h2-9H,10H2,1H3,(H,22,23)(H2,20,21,24). The van der Waals surface area contributed by atoms with Gasteiger partial charge in [-0.3, -0.25) is 0 Å². The lowest BCUT2D eigenvalue weighted by Gasteiger charge is -2.26. The first-order valence-corrected chi connectivity index (χ1v) is 8.03. The summed E-state index contributed by atoms with van der Waals surface area (Å²) in [7, 11) is 0. The Morgan fingerprint density at radius 3 is 2.40 bits per heavy atom. The van der Waals surface area contributed by atoms with E-state index in [4.69, 9.17) is 27.9 Å². The van der Waals surface area contributed by atoms with Crippen molar-refractivity contribution in [2.45, 2.75) is 12.5 Å². The van der Waals surface area contributed by atoms with E-state index in [2.05, 4.69) is 10.6 Å². The number of rotatable bonds is 6. The van der Waals surface area contributed by atoms with Crippen LogP contribution in [-0.4, -0.2) is 29.3 Å². The maximum Gasteiger partial charge on any atom is 0.349 e. The second kappa shape index (κ2) is 8.09. The van der Waals surface area contributed by atoms with E-state index in [1.807, 2.05) is 6.07 Å². The van der Waals surface area contributed by atoms with Crippen molar-refractivity contribution in [1.82, 2.24) is 5.32 Å². The summed E-state index contributed by atoms with van der Waals surface area (Å²) < 4.78 is 5.51. The van der Waals surface area contributed by atoms with Crippen LogP contribution in [0.5, 0.6) is 5.75 Å². The summed E-state index contributed by atoms with van der Waals surface area (Å²) in [5.41, 5.74) is -1.10. The fraction of sp³-hybridized carbons (Fsp3) is 0.176. The van der Waals surface area contributed by atoms with Gasteiger partial charge in [-0.25, -0.2) is 9.59 Å². The molecule has 3 N–H and O–H groups in total. The van der Waals surface area contributed by atoms with E-state index in [0.717, 1.165) is 0 Å². The maximum absolute atomic E-state index is 11.9. The summed E-state index contributed by atoms with van der Waals surface area (Å²) in [5, 5.41) is 15.1. The van der Waals surface area contributed by atoms with Crippen molar-refractivity contribution in [3.05, 3.63) is 58.6 Å². The molecule has 0 aromatic heterocycles. The molecule has 25 heavy (non-hydrogen) atoms. The first-order chi connectivity index (χ1) is 11.8. The smallest absolute Gasteiger partial charge is 0.349 e. The molecular formula is C17H16Cl2N2O4. The number of urea groups is 1. The van der Waals surface area contributed by atoms with E-state index in [-0.39, 0.29) is 17.3 Å². The molecule has 0 heterocycles. The van der Waals surface area contributed by atoms with Gasteiger partial charge in [0.2, 0.25) is 5.60 Å². The Labute approximate surface area is 154 Å². The van der Waals surface area contributed by atoms with Crippen molar-refractivity contribution >= 4 is 40.9 Å². The molecular weight excluding hydrogens is 367 g/mol. The van der Waals surface area contributed by atoms with Crippen LogP contribution < -0.4 is 15.4 Å². The van der Waals surface area contributed by atoms with E-state index in [9.17, 15) is 14.7 Å². The van der Waals surface area contributed by atoms with Crippen molar-refractivity contribution in [3.63, 3.8) is 0 Å². The molecule has 0 spiro atoms. The molecule has 1 atom stereocenters. The predicted octanol–water partition coefficient (Wildman–Crippen LogP) is 4.04. The lowest BCUT2D eigenvalue weighted by Crippen LogP contribution is -2.51. The maximum atomic E-state index is 11.9. The molecule has 6 nitrogen and oxygen atoms in total. The number of amides is 2. The number of nitrogens with one attached hydrogen (secondary N) is 2. The molecule has 0 radical (unpaired) electrons. The van der Waals surface area contributed by atoms with Gasteiger partial charge in [0, 0.05) is 11.8 Å². The number of carboxylic acid groups (broad SMARTS) is 1. The quantitative estimate of drug-likeness (QED) is 0.703. The SMILES string of the molecule is CC(CNC(=O)Nc1ccccc1)(Oc1ccc(Cl)c(Cl)c1)C(=O)O.